The first-order valence-corrected chi connectivity index (χ1v) is 14.1. The van der Waals surface area contributed by atoms with Crippen molar-refractivity contribution in [3.63, 3.8) is 0 Å². The lowest BCUT2D eigenvalue weighted by molar-refractivity contribution is 0.0807. The zero-order valence-electron chi connectivity index (χ0n) is 21.5. The number of hydrogen-bond donors (Lipinski definition) is 0. The van der Waals surface area contributed by atoms with E-state index in [9.17, 15) is 9.59 Å². The van der Waals surface area contributed by atoms with Gasteiger partial charge in [-0.15, -0.1) is 0 Å². The molecular formula is C31H35ClN2O3. The van der Waals surface area contributed by atoms with E-state index in [1.807, 2.05) is 24.3 Å². The molecule has 2 atom stereocenters. The Morgan fingerprint density at radius 2 is 1.70 bits per heavy atom. The van der Waals surface area contributed by atoms with Crippen LogP contribution in [0, 0.1) is 11.8 Å². The van der Waals surface area contributed by atoms with E-state index in [-0.39, 0.29) is 17.5 Å². The lowest BCUT2D eigenvalue weighted by atomic mass is 9.85. The van der Waals surface area contributed by atoms with Crippen molar-refractivity contribution in [2.24, 2.45) is 11.8 Å². The van der Waals surface area contributed by atoms with Gasteiger partial charge in [-0.25, -0.2) is 0 Å². The highest BCUT2D eigenvalue weighted by Gasteiger charge is 2.40. The van der Waals surface area contributed by atoms with E-state index in [4.69, 9.17) is 16.3 Å². The van der Waals surface area contributed by atoms with Crippen LogP contribution in [0.1, 0.15) is 72.1 Å². The quantitative estimate of drug-likeness (QED) is 0.277. The maximum absolute atomic E-state index is 13.0. The molecule has 0 radical (unpaired) electrons. The Bertz CT molecular complexity index is 1300. The van der Waals surface area contributed by atoms with Crippen molar-refractivity contribution in [3.05, 3.63) is 64.8 Å². The highest BCUT2D eigenvalue weighted by atomic mass is 35.5. The highest BCUT2D eigenvalue weighted by Crippen LogP contribution is 2.41. The van der Waals surface area contributed by atoms with Crippen molar-refractivity contribution in [2.45, 2.75) is 70.0 Å². The Labute approximate surface area is 223 Å². The summed E-state index contributed by atoms with van der Waals surface area (Å²) in [5, 5.41) is 1.68. The van der Waals surface area contributed by atoms with Crippen molar-refractivity contribution >= 4 is 34.1 Å². The number of carbonyl (C=O) groups is 2. The first kappa shape index (κ1) is 24.7. The fourth-order valence-electron chi connectivity index (χ4n) is 6.79. The molecule has 0 spiro atoms. The molecule has 194 valence electrons. The monoisotopic (exact) mass is 518 g/mol. The SMILES string of the molecule is COc1cccc2c(C(=O)C3CC3)cn(CCCN3C4CCC3CC(CC(=O)c3ccc(Cl)cc3)C4)c12. The number of hydrogen-bond acceptors (Lipinski definition) is 4. The smallest absolute Gasteiger partial charge is 0.168 e. The maximum atomic E-state index is 13.0. The maximum Gasteiger partial charge on any atom is 0.168 e. The molecular weight excluding hydrogens is 484 g/mol. The summed E-state index contributed by atoms with van der Waals surface area (Å²) < 4.78 is 7.92. The van der Waals surface area contributed by atoms with Crippen molar-refractivity contribution in [2.75, 3.05) is 13.7 Å². The number of aryl methyl sites for hydroxylation is 1. The first-order chi connectivity index (χ1) is 18.0. The van der Waals surface area contributed by atoms with E-state index >= 15 is 0 Å². The molecule has 2 saturated heterocycles. The number of halogens is 1. The molecule has 37 heavy (non-hydrogen) atoms. The van der Waals surface area contributed by atoms with Gasteiger partial charge in [0.15, 0.2) is 11.6 Å². The van der Waals surface area contributed by atoms with Crippen LogP contribution in [0.15, 0.2) is 48.7 Å². The molecule has 3 aromatic rings. The Morgan fingerprint density at radius 1 is 0.973 bits per heavy atom. The Morgan fingerprint density at radius 3 is 2.38 bits per heavy atom. The molecule has 3 aliphatic rings. The van der Waals surface area contributed by atoms with Crippen molar-refractivity contribution < 1.29 is 14.3 Å². The van der Waals surface area contributed by atoms with Gasteiger partial charge in [0, 0.05) is 65.2 Å². The minimum Gasteiger partial charge on any atom is -0.495 e. The van der Waals surface area contributed by atoms with Crippen LogP contribution in [-0.2, 0) is 6.54 Å². The molecule has 1 saturated carbocycles. The second kappa shape index (κ2) is 10.3. The first-order valence-electron chi connectivity index (χ1n) is 13.8. The molecule has 3 heterocycles. The van der Waals surface area contributed by atoms with Gasteiger partial charge >= 0.3 is 0 Å². The average Bonchev–Trinajstić information content (AvgIpc) is 3.65. The number of carbonyl (C=O) groups excluding carboxylic acids is 2. The van der Waals surface area contributed by atoms with E-state index in [1.165, 1.54) is 12.8 Å². The van der Waals surface area contributed by atoms with Crippen LogP contribution < -0.4 is 4.74 Å². The van der Waals surface area contributed by atoms with Gasteiger partial charge in [-0.3, -0.25) is 14.5 Å². The minimum atomic E-state index is 0.203. The molecule has 2 aliphatic heterocycles. The van der Waals surface area contributed by atoms with Gasteiger partial charge < -0.3 is 9.30 Å². The summed E-state index contributed by atoms with van der Waals surface area (Å²) in [5.74, 6) is 2.02. The number of para-hydroxylation sites is 1. The number of fused-ring (bicyclic) bond motifs is 3. The zero-order chi connectivity index (χ0) is 25.5. The van der Waals surface area contributed by atoms with Crippen LogP contribution in [0.5, 0.6) is 5.75 Å². The van der Waals surface area contributed by atoms with Gasteiger partial charge in [0.25, 0.3) is 0 Å². The second-order valence-corrected chi connectivity index (χ2v) is 11.6. The average molecular weight is 519 g/mol. The highest BCUT2D eigenvalue weighted by molar-refractivity contribution is 6.30. The molecule has 1 aromatic heterocycles. The molecule has 6 rings (SSSR count). The van der Waals surface area contributed by atoms with Crippen LogP contribution in [0.4, 0.5) is 0 Å². The molecule has 5 nitrogen and oxygen atoms in total. The van der Waals surface area contributed by atoms with Crippen LogP contribution in [0.25, 0.3) is 10.9 Å². The summed E-state index contributed by atoms with van der Waals surface area (Å²) in [6.07, 6.45) is 10.4. The zero-order valence-corrected chi connectivity index (χ0v) is 22.3. The summed E-state index contributed by atoms with van der Waals surface area (Å²) >= 11 is 5.99. The van der Waals surface area contributed by atoms with Crippen LogP contribution in [0.2, 0.25) is 5.02 Å². The summed E-state index contributed by atoms with van der Waals surface area (Å²) in [7, 11) is 1.70. The summed E-state index contributed by atoms with van der Waals surface area (Å²) in [6, 6.07) is 14.5. The largest absolute Gasteiger partial charge is 0.495 e. The summed E-state index contributed by atoms with van der Waals surface area (Å²) in [6.45, 7) is 1.91. The van der Waals surface area contributed by atoms with Crippen molar-refractivity contribution in [1.29, 1.82) is 0 Å². The Balaban J connectivity index is 1.09. The van der Waals surface area contributed by atoms with Crippen LogP contribution in [0.3, 0.4) is 0 Å². The molecule has 2 aromatic carbocycles. The van der Waals surface area contributed by atoms with Crippen molar-refractivity contribution in [1.82, 2.24) is 9.47 Å². The van der Waals surface area contributed by atoms with Gasteiger partial charge in [0.05, 0.1) is 12.6 Å². The van der Waals surface area contributed by atoms with E-state index in [2.05, 4.69) is 21.7 Å². The summed E-state index contributed by atoms with van der Waals surface area (Å²) in [5.41, 5.74) is 2.66. The number of ketones is 2. The number of piperidine rings is 1. The lowest BCUT2D eigenvalue weighted by Crippen LogP contribution is -2.43. The van der Waals surface area contributed by atoms with Crippen molar-refractivity contribution in [3.8, 4) is 5.75 Å². The molecule has 6 heteroatoms. The number of Topliss-reactive ketones (excluding diaryl/α,β-unsaturated/α-hetero) is 2. The van der Waals surface area contributed by atoms with Gasteiger partial charge in [-0.2, -0.15) is 0 Å². The third-order valence-corrected chi connectivity index (χ3v) is 8.98. The van der Waals surface area contributed by atoms with E-state index < -0.39 is 0 Å². The predicted molar refractivity (Wildman–Crippen MR) is 147 cm³/mol. The number of rotatable bonds is 10. The third kappa shape index (κ3) is 4.96. The van der Waals surface area contributed by atoms with Gasteiger partial charge in [0.2, 0.25) is 0 Å². The molecule has 1 aliphatic carbocycles. The number of ether oxygens (including phenoxy) is 1. The lowest BCUT2D eigenvalue weighted by Gasteiger charge is -2.39. The predicted octanol–water partition coefficient (Wildman–Crippen LogP) is 6.80. The van der Waals surface area contributed by atoms with Crippen LogP contribution in [-0.4, -0.2) is 46.8 Å². The van der Waals surface area contributed by atoms with E-state index in [1.54, 1.807) is 19.2 Å². The second-order valence-electron chi connectivity index (χ2n) is 11.2. The van der Waals surface area contributed by atoms with Gasteiger partial charge in [-0.05, 0) is 81.2 Å². The molecule has 0 N–H and O–H groups in total. The molecule has 3 fully saturated rings. The van der Waals surface area contributed by atoms with E-state index in [0.717, 1.165) is 73.0 Å². The minimum absolute atomic E-state index is 0.203. The molecule has 2 bridgehead atoms. The Kier molecular flexibility index (Phi) is 6.85. The van der Waals surface area contributed by atoms with E-state index in [0.29, 0.717) is 29.4 Å². The molecule has 2 unspecified atom stereocenters. The number of aromatic nitrogens is 1. The number of nitrogens with zero attached hydrogens (tertiary/aromatic N) is 2. The summed E-state index contributed by atoms with van der Waals surface area (Å²) in [4.78, 5) is 28.5. The Hall–Kier alpha value is -2.63. The van der Waals surface area contributed by atoms with Gasteiger partial charge in [0.1, 0.15) is 5.75 Å². The van der Waals surface area contributed by atoms with Gasteiger partial charge in [-0.1, -0.05) is 23.7 Å². The molecule has 0 amide bonds. The number of methoxy groups -OCH3 is 1. The topological polar surface area (TPSA) is 51.5 Å². The fourth-order valence-corrected chi connectivity index (χ4v) is 6.91. The standard InChI is InChI=1S/C31H35ClN2O3/c1-37-29-5-2-4-26-27(31(36)22-6-7-22)19-33(30(26)29)14-3-15-34-24-12-13-25(34)17-20(16-24)18-28(35)21-8-10-23(32)11-9-21/h2,4-5,8-11,19-20,22,24-25H,3,6-7,12-18H2,1H3. The fraction of sp³-hybridized carbons (Fsp3) is 0.484. The number of benzene rings is 2. The van der Waals surface area contributed by atoms with Crippen LogP contribution >= 0.6 is 11.6 Å². The third-order valence-electron chi connectivity index (χ3n) is 8.73. The normalized spacial score (nSPS) is 23.5.